The first-order valence-electron chi connectivity index (χ1n) is 10.8. The SMILES string of the molecule is COc1cc(C(C)C)c(Oc2cnc(NC(=O)CN3CCN(CCO)CC3)nc2N)cc1I. The molecule has 2 heterocycles. The molecule has 0 spiro atoms. The topological polar surface area (TPSA) is 126 Å². The van der Waals surface area contributed by atoms with Crippen molar-refractivity contribution in [3.05, 3.63) is 27.5 Å². The number of ether oxygens (including phenoxy) is 2. The first kappa shape index (κ1) is 25.4. The highest BCUT2D eigenvalue weighted by Gasteiger charge is 2.20. The maximum Gasteiger partial charge on any atom is 0.240 e. The Hall–Kier alpha value is -2.22. The molecule has 1 aromatic carbocycles. The Balaban J connectivity index is 1.63. The van der Waals surface area contributed by atoms with Gasteiger partial charge in [0.25, 0.3) is 0 Å². The third-order valence-electron chi connectivity index (χ3n) is 5.41. The van der Waals surface area contributed by atoms with Crippen molar-refractivity contribution >= 4 is 40.3 Å². The molecule has 1 aliphatic heterocycles. The fourth-order valence-corrected chi connectivity index (χ4v) is 4.23. The average Bonchev–Trinajstić information content (AvgIpc) is 2.77. The minimum atomic E-state index is -0.203. The number of hydrogen-bond donors (Lipinski definition) is 3. The number of amides is 1. The Morgan fingerprint density at radius 2 is 1.91 bits per heavy atom. The Morgan fingerprint density at radius 1 is 1.21 bits per heavy atom. The molecule has 0 bridgehead atoms. The van der Waals surface area contributed by atoms with Gasteiger partial charge >= 0.3 is 0 Å². The van der Waals surface area contributed by atoms with Crippen LogP contribution < -0.4 is 20.5 Å². The number of carbonyl (C=O) groups excluding carboxylic acids is 1. The van der Waals surface area contributed by atoms with Gasteiger partial charge in [-0.05, 0) is 40.6 Å². The Kier molecular flexibility index (Phi) is 9.06. The van der Waals surface area contributed by atoms with Crippen molar-refractivity contribution < 1.29 is 19.4 Å². The van der Waals surface area contributed by atoms with E-state index in [1.54, 1.807) is 7.11 Å². The summed E-state index contributed by atoms with van der Waals surface area (Å²) in [5, 5.41) is 11.7. The first-order valence-corrected chi connectivity index (χ1v) is 11.9. The smallest absolute Gasteiger partial charge is 0.240 e. The molecule has 0 radical (unpaired) electrons. The molecule has 0 aliphatic carbocycles. The van der Waals surface area contributed by atoms with Gasteiger partial charge in [-0.3, -0.25) is 19.9 Å². The van der Waals surface area contributed by atoms with Gasteiger partial charge in [0.05, 0.1) is 30.0 Å². The van der Waals surface area contributed by atoms with Crippen molar-refractivity contribution in [1.82, 2.24) is 19.8 Å². The maximum atomic E-state index is 12.4. The van der Waals surface area contributed by atoms with Crippen LogP contribution in [0.2, 0.25) is 0 Å². The van der Waals surface area contributed by atoms with E-state index in [4.69, 9.17) is 20.3 Å². The lowest BCUT2D eigenvalue weighted by molar-refractivity contribution is -0.117. The predicted octanol–water partition coefficient (Wildman–Crippen LogP) is 2.14. The number of nitrogens with zero attached hydrogens (tertiary/aromatic N) is 4. The molecule has 0 unspecified atom stereocenters. The van der Waals surface area contributed by atoms with Gasteiger partial charge in [-0.15, -0.1) is 0 Å². The summed E-state index contributed by atoms with van der Waals surface area (Å²) < 4.78 is 12.4. The molecular weight excluding hydrogens is 539 g/mol. The van der Waals surface area contributed by atoms with Crippen LogP contribution in [0.5, 0.6) is 17.2 Å². The second-order valence-electron chi connectivity index (χ2n) is 8.11. The number of benzene rings is 1. The van der Waals surface area contributed by atoms with E-state index in [-0.39, 0.29) is 36.7 Å². The molecule has 1 saturated heterocycles. The summed E-state index contributed by atoms with van der Waals surface area (Å²) in [4.78, 5) is 25.1. The number of nitrogens with one attached hydrogen (secondary N) is 1. The fraction of sp³-hybridized carbons (Fsp3) is 0.500. The number of halogens is 1. The number of β-amino-alcohol motifs (C(OH)–C–C–N with tert-alkyl or cyclic N) is 1. The number of aromatic nitrogens is 2. The largest absolute Gasteiger partial charge is 0.496 e. The number of nitrogen functional groups attached to an aromatic ring is 1. The van der Waals surface area contributed by atoms with Crippen LogP contribution in [-0.4, -0.2) is 83.8 Å². The van der Waals surface area contributed by atoms with Crippen molar-refractivity contribution in [3.8, 4) is 17.2 Å². The zero-order valence-electron chi connectivity index (χ0n) is 19.2. The van der Waals surface area contributed by atoms with Crippen LogP contribution >= 0.6 is 22.6 Å². The van der Waals surface area contributed by atoms with Gasteiger partial charge in [-0.2, -0.15) is 4.98 Å². The number of methoxy groups -OCH3 is 1. The standard InChI is InChI=1S/C22H31IN6O4/c1-14(2)15-10-18(32-3)16(23)11-17(15)33-19-12-25-22(27-21(19)24)26-20(31)13-29-6-4-28(5-7-29)8-9-30/h10-12,14,30H,4-9,13H2,1-3H3,(H3,24,25,26,27,31). The van der Waals surface area contributed by atoms with Crippen LogP contribution in [0.4, 0.5) is 11.8 Å². The highest BCUT2D eigenvalue weighted by molar-refractivity contribution is 14.1. The molecule has 1 amide bonds. The fourth-order valence-electron chi connectivity index (χ4n) is 3.57. The van der Waals surface area contributed by atoms with Gasteiger partial charge in [0.1, 0.15) is 11.5 Å². The predicted molar refractivity (Wildman–Crippen MR) is 135 cm³/mol. The van der Waals surface area contributed by atoms with Crippen LogP contribution in [-0.2, 0) is 4.79 Å². The van der Waals surface area contributed by atoms with Crippen molar-refractivity contribution in [2.24, 2.45) is 0 Å². The molecule has 1 aliphatic rings. The number of anilines is 2. The molecule has 33 heavy (non-hydrogen) atoms. The zero-order valence-corrected chi connectivity index (χ0v) is 21.3. The summed E-state index contributed by atoms with van der Waals surface area (Å²) in [6.45, 7) is 8.38. The molecule has 0 saturated carbocycles. The molecule has 0 atom stereocenters. The van der Waals surface area contributed by atoms with Gasteiger partial charge in [0, 0.05) is 38.3 Å². The van der Waals surface area contributed by atoms with E-state index in [1.165, 1.54) is 6.20 Å². The minimum Gasteiger partial charge on any atom is -0.496 e. The molecule has 1 aromatic heterocycles. The van der Waals surface area contributed by atoms with E-state index in [0.717, 1.165) is 41.1 Å². The molecular formula is C22H31IN6O4. The molecule has 10 nitrogen and oxygen atoms in total. The molecule has 4 N–H and O–H groups in total. The summed E-state index contributed by atoms with van der Waals surface area (Å²) in [6.07, 6.45) is 1.47. The van der Waals surface area contributed by atoms with Crippen molar-refractivity contribution in [2.45, 2.75) is 19.8 Å². The van der Waals surface area contributed by atoms with Crippen LogP contribution in [0.3, 0.4) is 0 Å². The maximum absolute atomic E-state index is 12.4. The van der Waals surface area contributed by atoms with E-state index in [0.29, 0.717) is 18.0 Å². The van der Waals surface area contributed by atoms with E-state index in [1.807, 2.05) is 12.1 Å². The Bertz CT molecular complexity index is 966. The molecule has 180 valence electrons. The van der Waals surface area contributed by atoms with Crippen molar-refractivity contribution in [3.63, 3.8) is 0 Å². The number of aliphatic hydroxyl groups is 1. The third kappa shape index (κ3) is 6.88. The number of rotatable bonds is 9. The van der Waals surface area contributed by atoms with E-state index in [2.05, 4.69) is 61.5 Å². The molecule has 3 rings (SSSR count). The summed E-state index contributed by atoms with van der Waals surface area (Å²) >= 11 is 2.19. The summed E-state index contributed by atoms with van der Waals surface area (Å²) in [6, 6.07) is 3.85. The average molecular weight is 570 g/mol. The van der Waals surface area contributed by atoms with E-state index in [9.17, 15) is 4.79 Å². The zero-order chi connectivity index (χ0) is 24.0. The highest BCUT2D eigenvalue weighted by Crippen LogP contribution is 2.37. The minimum absolute atomic E-state index is 0.136. The normalized spacial score (nSPS) is 15.0. The Labute approximate surface area is 207 Å². The number of hydrogen-bond acceptors (Lipinski definition) is 9. The lowest BCUT2D eigenvalue weighted by Crippen LogP contribution is -2.49. The van der Waals surface area contributed by atoms with Crippen LogP contribution in [0, 0.1) is 3.57 Å². The number of carbonyl (C=O) groups is 1. The van der Waals surface area contributed by atoms with Gasteiger partial charge in [0.2, 0.25) is 11.9 Å². The van der Waals surface area contributed by atoms with Gasteiger partial charge < -0.3 is 20.3 Å². The second-order valence-corrected chi connectivity index (χ2v) is 9.28. The number of nitrogens with two attached hydrogens (primary N) is 1. The van der Waals surface area contributed by atoms with E-state index >= 15 is 0 Å². The van der Waals surface area contributed by atoms with Crippen molar-refractivity contribution in [1.29, 1.82) is 0 Å². The summed E-state index contributed by atoms with van der Waals surface area (Å²) in [5.41, 5.74) is 7.08. The number of aliphatic hydroxyl groups excluding tert-OH is 1. The van der Waals surface area contributed by atoms with Crippen LogP contribution in [0.25, 0.3) is 0 Å². The van der Waals surface area contributed by atoms with Gasteiger partial charge in [0.15, 0.2) is 11.6 Å². The van der Waals surface area contributed by atoms with Crippen LogP contribution in [0.15, 0.2) is 18.3 Å². The third-order valence-corrected chi connectivity index (χ3v) is 6.25. The lowest BCUT2D eigenvalue weighted by atomic mass is 10.0. The highest BCUT2D eigenvalue weighted by atomic mass is 127. The summed E-state index contributed by atoms with van der Waals surface area (Å²) in [5.74, 6) is 2.03. The molecule has 2 aromatic rings. The molecule has 1 fully saturated rings. The number of piperazine rings is 1. The second kappa shape index (κ2) is 11.8. The molecule has 11 heteroatoms. The first-order chi connectivity index (χ1) is 15.8. The lowest BCUT2D eigenvalue weighted by Gasteiger charge is -2.33. The van der Waals surface area contributed by atoms with Crippen molar-refractivity contribution in [2.75, 3.05) is 64.0 Å². The monoisotopic (exact) mass is 570 g/mol. The van der Waals surface area contributed by atoms with Gasteiger partial charge in [-0.1, -0.05) is 13.8 Å². The van der Waals surface area contributed by atoms with Crippen LogP contribution in [0.1, 0.15) is 25.3 Å². The van der Waals surface area contributed by atoms with Gasteiger partial charge in [-0.25, -0.2) is 4.98 Å². The summed E-state index contributed by atoms with van der Waals surface area (Å²) in [7, 11) is 1.64. The van der Waals surface area contributed by atoms with E-state index < -0.39 is 0 Å². The Morgan fingerprint density at radius 3 is 2.52 bits per heavy atom. The quantitative estimate of drug-likeness (QED) is 0.389.